The average molecular weight is 261 g/mol. The molecule has 0 saturated carbocycles. The molecule has 1 aromatic carbocycles. The molecule has 2 heterocycles. The Bertz CT molecular complexity index is 595. The summed E-state index contributed by atoms with van der Waals surface area (Å²) in [6.45, 7) is 2.54. The number of aryl methyl sites for hydroxylation is 1. The third-order valence-corrected chi connectivity index (χ3v) is 3.60. The van der Waals surface area contributed by atoms with E-state index in [1.165, 1.54) is 0 Å². The molecule has 3 rings (SSSR count). The van der Waals surface area contributed by atoms with Crippen LogP contribution in [0.25, 0.3) is 0 Å². The third-order valence-electron chi connectivity index (χ3n) is 3.35. The van der Waals surface area contributed by atoms with E-state index < -0.39 is 0 Å². The largest absolute Gasteiger partial charge is 0.506 e. The van der Waals surface area contributed by atoms with Gasteiger partial charge in [0.25, 0.3) is 0 Å². The lowest BCUT2D eigenvalue weighted by molar-refractivity contribution is 0.456. The number of nitrogens with one attached hydrogen (secondary N) is 1. The van der Waals surface area contributed by atoms with Crippen molar-refractivity contribution < 1.29 is 5.11 Å². The van der Waals surface area contributed by atoms with Crippen LogP contribution >= 0.6 is 11.6 Å². The number of nitrogens with zero attached hydrogens (tertiary/aromatic N) is 1. The van der Waals surface area contributed by atoms with Crippen molar-refractivity contribution >= 4 is 11.6 Å². The van der Waals surface area contributed by atoms with Gasteiger partial charge in [-0.2, -0.15) is 0 Å². The zero-order valence-corrected chi connectivity index (χ0v) is 10.7. The molecule has 2 aromatic rings. The Morgan fingerprint density at radius 1 is 1.33 bits per heavy atom. The Balaban J connectivity index is 2.09. The van der Waals surface area contributed by atoms with E-state index >= 15 is 0 Å². The van der Waals surface area contributed by atoms with Crippen molar-refractivity contribution in [2.24, 2.45) is 0 Å². The third kappa shape index (κ3) is 1.76. The molecule has 18 heavy (non-hydrogen) atoms. The zero-order valence-electron chi connectivity index (χ0n) is 9.94. The van der Waals surface area contributed by atoms with Gasteiger partial charge in [-0.15, -0.1) is 0 Å². The number of aromatic hydroxyl groups is 1. The fraction of sp³-hybridized carbons (Fsp3) is 0.214. The molecule has 1 aromatic heterocycles. The lowest BCUT2D eigenvalue weighted by Crippen LogP contribution is -2.13. The molecule has 1 atom stereocenters. The van der Waals surface area contributed by atoms with Crippen LogP contribution in [0.1, 0.15) is 28.4 Å². The second-order valence-corrected chi connectivity index (χ2v) is 4.93. The van der Waals surface area contributed by atoms with Gasteiger partial charge in [0.2, 0.25) is 0 Å². The Labute approximate surface area is 110 Å². The maximum absolute atomic E-state index is 10.2. The maximum Gasteiger partial charge on any atom is 0.142 e. The Morgan fingerprint density at radius 3 is 2.78 bits per heavy atom. The molecule has 92 valence electrons. The van der Waals surface area contributed by atoms with Crippen LogP contribution in [0.2, 0.25) is 5.02 Å². The molecule has 1 unspecified atom stereocenters. The number of rotatable bonds is 1. The van der Waals surface area contributed by atoms with Gasteiger partial charge in [0.05, 0.1) is 11.7 Å². The van der Waals surface area contributed by atoms with E-state index in [9.17, 15) is 5.11 Å². The van der Waals surface area contributed by atoms with Crippen molar-refractivity contribution in [1.29, 1.82) is 0 Å². The van der Waals surface area contributed by atoms with E-state index in [1.54, 1.807) is 0 Å². The molecule has 0 aliphatic carbocycles. The minimum atomic E-state index is 0.0129. The predicted molar refractivity (Wildman–Crippen MR) is 70.8 cm³/mol. The van der Waals surface area contributed by atoms with Crippen LogP contribution < -0.4 is 5.32 Å². The van der Waals surface area contributed by atoms with E-state index in [-0.39, 0.29) is 11.8 Å². The van der Waals surface area contributed by atoms with E-state index in [2.05, 4.69) is 10.3 Å². The van der Waals surface area contributed by atoms with Crippen LogP contribution in [0.15, 0.2) is 30.5 Å². The molecule has 0 amide bonds. The first kappa shape index (κ1) is 11.5. The van der Waals surface area contributed by atoms with Crippen molar-refractivity contribution in [3.63, 3.8) is 0 Å². The first-order chi connectivity index (χ1) is 8.66. The molecule has 4 heteroatoms. The van der Waals surface area contributed by atoms with Gasteiger partial charge in [-0.1, -0.05) is 23.7 Å². The minimum absolute atomic E-state index is 0.0129. The molecule has 3 nitrogen and oxygen atoms in total. The Hall–Kier alpha value is -1.58. The van der Waals surface area contributed by atoms with Crippen molar-refractivity contribution in [3.05, 3.63) is 57.9 Å². The van der Waals surface area contributed by atoms with Crippen LogP contribution in [-0.2, 0) is 6.54 Å². The summed E-state index contributed by atoms with van der Waals surface area (Å²) < 4.78 is 0. The zero-order chi connectivity index (χ0) is 12.7. The fourth-order valence-corrected chi connectivity index (χ4v) is 2.50. The summed E-state index contributed by atoms with van der Waals surface area (Å²) in [6.07, 6.45) is 1.83. The van der Waals surface area contributed by atoms with Crippen LogP contribution in [0, 0.1) is 6.92 Å². The molecule has 1 aliphatic heterocycles. The van der Waals surface area contributed by atoms with E-state index in [1.807, 2.05) is 37.4 Å². The monoisotopic (exact) mass is 260 g/mol. The van der Waals surface area contributed by atoms with Gasteiger partial charge in [-0.3, -0.25) is 4.98 Å². The highest BCUT2D eigenvalue weighted by molar-refractivity contribution is 6.30. The molecule has 0 bridgehead atoms. The van der Waals surface area contributed by atoms with Gasteiger partial charge in [-0.25, -0.2) is 0 Å². The summed E-state index contributed by atoms with van der Waals surface area (Å²) >= 11 is 5.90. The lowest BCUT2D eigenvalue weighted by Gasteiger charge is -2.14. The van der Waals surface area contributed by atoms with Crippen LogP contribution in [0.5, 0.6) is 5.75 Å². The molecule has 0 saturated heterocycles. The van der Waals surface area contributed by atoms with Crippen molar-refractivity contribution in [2.75, 3.05) is 0 Å². The predicted octanol–water partition coefficient (Wildman–Crippen LogP) is 2.94. The Kier molecular flexibility index (Phi) is 2.73. The normalized spacial score (nSPS) is 17.8. The van der Waals surface area contributed by atoms with Crippen molar-refractivity contribution in [3.8, 4) is 5.75 Å². The summed E-state index contributed by atoms with van der Waals surface area (Å²) in [4.78, 5) is 4.18. The van der Waals surface area contributed by atoms with E-state index in [4.69, 9.17) is 11.6 Å². The van der Waals surface area contributed by atoms with Crippen molar-refractivity contribution in [1.82, 2.24) is 10.3 Å². The first-order valence-electron chi connectivity index (χ1n) is 5.83. The van der Waals surface area contributed by atoms with Gasteiger partial charge in [0.15, 0.2) is 0 Å². The molecule has 0 spiro atoms. The van der Waals surface area contributed by atoms with Gasteiger partial charge in [-0.05, 0) is 30.2 Å². The Morgan fingerprint density at radius 2 is 2.06 bits per heavy atom. The molecular weight excluding hydrogens is 248 g/mol. The van der Waals surface area contributed by atoms with Crippen LogP contribution in [0.3, 0.4) is 0 Å². The molecule has 1 aliphatic rings. The number of aromatic nitrogens is 1. The highest BCUT2D eigenvalue weighted by atomic mass is 35.5. The van der Waals surface area contributed by atoms with E-state index in [0.717, 1.165) is 23.2 Å². The van der Waals surface area contributed by atoms with E-state index in [0.29, 0.717) is 10.7 Å². The second-order valence-electron chi connectivity index (χ2n) is 4.50. The van der Waals surface area contributed by atoms with Gasteiger partial charge >= 0.3 is 0 Å². The smallest absolute Gasteiger partial charge is 0.142 e. The number of fused-ring (bicyclic) bond motifs is 1. The molecular formula is C14H13ClN2O. The summed E-state index contributed by atoms with van der Waals surface area (Å²) in [6, 6.07) is 7.69. The van der Waals surface area contributed by atoms with Gasteiger partial charge < -0.3 is 10.4 Å². The highest BCUT2D eigenvalue weighted by Crippen LogP contribution is 2.37. The van der Waals surface area contributed by atoms with Gasteiger partial charge in [0, 0.05) is 23.3 Å². The summed E-state index contributed by atoms with van der Waals surface area (Å²) in [5.74, 6) is 0.289. The topological polar surface area (TPSA) is 45.2 Å². The SMILES string of the molecule is Cc1ncc2c(c1O)C(c1ccc(Cl)cc1)NC2. The van der Waals surface area contributed by atoms with Crippen LogP contribution in [-0.4, -0.2) is 10.1 Å². The molecule has 0 fully saturated rings. The first-order valence-corrected chi connectivity index (χ1v) is 6.21. The standard InChI is InChI=1S/C14H13ClN2O/c1-8-14(18)12-10(6-16-8)7-17-13(12)9-2-4-11(15)5-3-9/h2-6,13,17-18H,7H2,1H3. The number of hydrogen-bond acceptors (Lipinski definition) is 3. The number of benzene rings is 1. The fourth-order valence-electron chi connectivity index (χ4n) is 2.37. The quantitative estimate of drug-likeness (QED) is 0.829. The number of hydrogen-bond donors (Lipinski definition) is 2. The number of pyridine rings is 1. The maximum atomic E-state index is 10.2. The molecule has 2 N–H and O–H groups in total. The summed E-state index contributed by atoms with van der Waals surface area (Å²) in [7, 11) is 0. The summed E-state index contributed by atoms with van der Waals surface area (Å²) in [5.41, 5.74) is 3.75. The average Bonchev–Trinajstić information content (AvgIpc) is 2.79. The van der Waals surface area contributed by atoms with Crippen molar-refractivity contribution in [2.45, 2.75) is 19.5 Å². The van der Waals surface area contributed by atoms with Crippen LogP contribution in [0.4, 0.5) is 0 Å². The molecule has 0 radical (unpaired) electrons. The highest BCUT2D eigenvalue weighted by Gasteiger charge is 2.27. The van der Waals surface area contributed by atoms with Gasteiger partial charge in [0.1, 0.15) is 5.75 Å². The lowest BCUT2D eigenvalue weighted by atomic mass is 9.98. The minimum Gasteiger partial charge on any atom is -0.506 e. The number of halogens is 1. The second kappa shape index (κ2) is 4.26. The summed E-state index contributed by atoms with van der Waals surface area (Å²) in [5, 5.41) is 14.3.